The zero-order valence-corrected chi connectivity index (χ0v) is 19.6. The van der Waals surface area contributed by atoms with Gasteiger partial charge in [-0.3, -0.25) is 9.69 Å². The standard InChI is InChI=1S/C25H34N6O2/c1-16-10-20(11-17(16)2)33-25-28-23(26)22-24(29-25)31(15-21(32)27-22)14-19-7-5-6-18(12-19)13-30-8-3-4-9-30/h5-7,12,16-17,20H,3-4,8-11,13-15H2,1-2H3,(H,27,32)(H2,26,28,29)/t16-,17+,20+. The van der Waals surface area contributed by atoms with E-state index < -0.39 is 0 Å². The lowest BCUT2D eigenvalue weighted by molar-refractivity contribution is -0.115. The number of carbonyl (C=O) groups is 1. The lowest BCUT2D eigenvalue weighted by Crippen LogP contribution is -2.39. The van der Waals surface area contributed by atoms with Gasteiger partial charge in [0.2, 0.25) is 5.91 Å². The second kappa shape index (κ2) is 9.17. The quantitative estimate of drug-likeness (QED) is 0.696. The second-order valence-corrected chi connectivity index (χ2v) is 9.96. The average molecular weight is 451 g/mol. The van der Waals surface area contributed by atoms with Crippen LogP contribution in [0.15, 0.2) is 24.3 Å². The van der Waals surface area contributed by atoms with Gasteiger partial charge in [0.25, 0.3) is 0 Å². The average Bonchev–Trinajstić information content (AvgIpc) is 3.38. The number of anilines is 3. The number of hydrogen-bond donors (Lipinski definition) is 2. The van der Waals surface area contributed by atoms with Gasteiger partial charge in [0.1, 0.15) is 11.8 Å². The molecule has 1 amide bonds. The van der Waals surface area contributed by atoms with Crippen molar-refractivity contribution in [1.82, 2.24) is 14.9 Å². The Bertz CT molecular complexity index is 1010. The largest absolute Gasteiger partial charge is 0.460 e. The van der Waals surface area contributed by atoms with Gasteiger partial charge in [0, 0.05) is 13.1 Å². The van der Waals surface area contributed by atoms with E-state index in [-0.39, 0.29) is 24.4 Å². The van der Waals surface area contributed by atoms with Crippen molar-refractivity contribution in [2.45, 2.75) is 58.7 Å². The lowest BCUT2D eigenvalue weighted by atomic mass is 10.0. The molecule has 8 nitrogen and oxygen atoms in total. The fourth-order valence-corrected chi connectivity index (χ4v) is 5.29. The Labute approximate surface area is 195 Å². The molecule has 1 aliphatic carbocycles. The van der Waals surface area contributed by atoms with Crippen molar-refractivity contribution in [3.63, 3.8) is 0 Å². The summed E-state index contributed by atoms with van der Waals surface area (Å²) in [7, 11) is 0. The summed E-state index contributed by atoms with van der Waals surface area (Å²) >= 11 is 0. The van der Waals surface area contributed by atoms with E-state index >= 15 is 0 Å². The van der Waals surface area contributed by atoms with Crippen LogP contribution in [0, 0.1) is 11.8 Å². The first-order chi connectivity index (χ1) is 15.9. The number of ether oxygens (including phenoxy) is 1. The second-order valence-electron chi connectivity index (χ2n) is 9.96. The van der Waals surface area contributed by atoms with E-state index in [2.05, 4.69) is 53.3 Å². The minimum Gasteiger partial charge on any atom is -0.460 e. The van der Waals surface area contributed by atoms with Crippen molar-refractivity contribution in [3.8, 4) is 6.01 Å². The first-order valence-electron chi connectivity index (χ1n) is 12.1. The third-order valence-electron chi connectivity index (χ3n) is 7.28. The van der Waals surface area contributed by atoms with Crippen LogP contribution in [0.4, 0.5) is 17.3 Å². The van der Waals surface area contributed by atoms with Crippen LogP contribution in [0.2, 0.25) is 0 Å². The Kier molecular flexibility index (Phi) is 6.10. The van der Waals surface area contributed by atoms with Crippen LogP contribution in [0.5, 0.6) is 6.01 Å². The van der Waals surface area contributed by atoms with Gasteiger partial charge in [-0.05, 0) is 61.7 Å². The van der Waals surface area contributed by atoms with Gasteiger partial charge in [0.05, 0.1) is 6.54 Å². The molecule has 5 rings (SSSR count). The highest BCUT2D eigenvalue weighted by Crippen LogP contribution is 2.37. The van der Waals surface area contributed by atoms with Crippen LogP contribution < -0.4 is 20.7 Å². The van der Waals surface area contributed by atoms with E-state index in [9.17, 15) is 4.79 Å². The van der Waals surface area contributed by atoms with Crippen LogP contribution in [-0.4, -0.2) is 46.5 Å². The molecule has 2 aliphatic heterocycles. The molecule has 3 atom stereocenters. The summed E-state index contributed by atoms with van der Waals surface area (Å²) in [5.41, 5.74) is 9.14. The number of amides is 1. The van der Waals surface area contributed by atoms with E-state index in [4.69, 9.17) is 15.5 Å². The van der Waals surface area contributed by atoms with Gasteiger partial charge >= 0.3 is 6.01 Å². The zero-order chi connectivity index (χ0) is 22.9. The highest BCUT2D eigenvalue weighted by molar-refractivity contribution is 6.03. The molecular formula is C25H34N6O2. The van der Waals surface area contributed by atoms with E-state index in [0.717, 1.165) is 24.9 Å². The summed E-state index contributed by atoms with van der Waals surface area (Å²) in [6, 6.07) is 8.89. The third kappa shape index (κ3) is 4.90. The van der Waals surface area contributed by atoms with Gasteiger partial charge in [-0.1, -0.05) is 38.1 Å². The molecule has 176 valence electrons. The van der Waals surface area contributed by atoms with Crippen molar-refractivity contribution in [1.29, 1.82) is 0 Å². The number of nitrogens with two attached hydrogens (primary N) is 1. The molecule has 3 heterocycles. The van der Waals surface area contributed by atoms with Gasteiger partial charge < -0.3 is 20.7 Å². The van der Waals surface area contributed by atoms with Crippen LogP contribution in [0.1, 0.15) is 50.7 Å². The fraction of sp³-hybridized carbons (Fsp3) is 0.560. The number of rotatable bonds is 6. The molecule has 3 aliphatic rings. The van der Waals surface area contributed by atoms with E-state index in [1.807, 2.05) is 4.90 Å². The molecule has 0 bridgehead atoms. The molecule has 0 unspecified atom stereocenters. The zero-order valence-electron chi connectivity index (χ0n) is 19.6. The number of fused-ring (bicyclic) bond motifs is 1. The number of nitrogen functional groups attached to an aromatic ring is 1. The number of nitrogens with one attached hydrogen (secondary N) is 1. The fourth-order valence-electron chi connectivity index (χ4n) is 5.29. The van der Waals surface area contributed by atoms with Crippen molar-refractivity contribution in [2.75, 3.05) is 35.6 Å². The predicted octanol–water partition coefficient (Wildman–Crippen LogP) is 3.43. The Morgan fingerprint density at radius 1 is 1.09 bits per heavy atom. The molecule has 0 radical (unpaired) electrons. The molecule has 1 aromatic carbocycles. The number of likely N-dealkylation sites (tertiary alicyclic amines) is 1. The van der Waals surface area contributed by atoms with Crippen molar-refractivity contribution < 1.29 is 9.53 Å². The molecule has 1 aromatic heterocycles. The van der Waals surface area contributed by atoms with Crippen LogP contribution in [-0.2, 0) is 17.9 Å². The molecule has 33 heavy (non-hydrogen) atoms. The van der Waals surface area contributed by atoms with E-state index in [0.29, 0.717) is 35.9 Å². The van der Waals surface area contributed by atoms with Gasteiger partial charge in [-0.15, -0.1) is 0 Å². The minimum atomic E-state index is -0.113. The smallest absolute Gasteiger partial charge is 0.320 e. The number of carbonyl (C=O) groups excluding carboxylic acids is 1. The summed E-state index contributed by atoms with van der Waals surface area (Å²) < 4.78 is 6.13. The first-order valence-corrected chi connectivity index (χ1v) is 12.1. The molecule has 3 N–H and O–H groups in total. The predicted molar refractivity (Wildman–Crippen MR) is 129 cm³/mol. The Hall–Kier alpha value is -2.87. The summed E-state index contributed by atoms with van der Waals surface area (Å²) in [5, 5.41) is 2.85. The summed E-state index contributed by atoms with van der Waals surface area (Å²) in [6.07, 6.45) is 4.64. The van der Waals surface area contributed by atoms with Crippen molar-refractivity contribution >= 4 is 23.2 Å². The maximum atomic E-state index is 12.4. The topological polar surface area (TPSA) is 96.6 Å². The summed E-state index contributed by atoms with van der Waals surface area (Å²) in [5.74, 6) is 2.00. The maximum Gasteiger partial charge on any atom is 0.320 e. The highest BCUT2D eigenvalue weighted by Gasteiger charge is 2.32. The normalized spacial score (nSPS) is 25.2. The van der Waals surface area contributed by atoms with Gasteiger partial charge in [-0.2, -0.15) is 9.97 Å². The Balaban J connectivity index is 1.36. The first kappa shape index (κ1) is 21.9. The Morgan fingerprint density at radius 2 is 1.79 bits per heavy atom. The molecule has 2 aromatic rings. The number of hydrogen-bond acceptors (Lipinski definition) is 7. The van der Waals surface area contributed by atoms with E-state index in [1.54, 1.807) is 0 Å². The number of aromatic nitrogens is 2. The van der Waals surface area contributed by atoms with Crippen molar-refractivity contribution in [3.05, 3.63) is 35.4 Å². The number of benzene rings is 1. The van der Waals surface area contributed by atoms with Crippen LogP contribution >= 0.6 is 0 Å². The van der Waals surface area contributed by atoms with Crippen molar-refractivity contribution in [2.24, 2.45) is 11.8 Å². The SMILES string of the molecule is C[C@@H]1C[C@H](Oc2nc(N)c3c(n2)N(Cc2cccc(CN4CCCC4)c2)CC(=O)N3)C[C@@H]1C. The molecule has 1 saturated heterocycles. The molecule has 2 fully saturated rings. The van der Waals surface area contributed by atoms with Crippen LogP contribution in [0.3, 0.4) is 0 Å². The monoisotopic (exact) mass is 450 g/mol. The maximum absolute atomic E-state index is 12.4. The highest BCUT2D eigenvalue weighted by atomic mass is 16.5. The third-order valence-corrected chi connectivity index (χ3v) is 7.28. The molecule has 0 spiro atoms. The molecule has 8 heteroatoms. The van der Waals surface area contributed by atoms with E-state index in [1.165, 1.54) is 31.5 Å². The minimum absolute atomic E-state index is 0.0985. The molecule has 1 saturated carbocycles. The molecular weight excluding hydrogens is 416 g/mol. The van der Waals surface area contributed by atoms with Gasteiger partial charge in [-0.25, -0.2) is 0 Å². The Morgan fingerprint density at radius 3 is 2.52 bits per heavy atom. The van der Waals surface area contributed by atoms with Gasteiger partial charge in [0.15, 0.2) is 11.6 Å². The van der Waals surface area contributed by atoms with Crippen LogP contribution in [0.25, 0.3) is 0 Å². The lowest BCUT2D eigenvalue weighted by Gasteiger charge is -2.30. The summed E-state index contributed by atoms with van der Waals surface area (Å²) in [6.45, 7) is 8.61. The number of nitrogens with zero attached hydrogens (tertiary/aromatic N) is 4. The summed E-state index contributed by atoms with van der Waals surface area (Å²) in [4.78, 5) is 25.9.